The van der Waals surface area contributed by atoms with E-state index in [-0.39, 0.29) is 9.93 Å². The molecule has 0 saturated carbocycles. The Morgan fingerprint density at radius 3 is 2.06 bits per heavy atom. The molecule has 0 aliphatic heterocycles. The minimum Gasteiger partial charge on any atom is -0.294 e. The Labute approximate surface area is 112 Å². The number of ketones is 1. The van der Waals surface area contributed by atoms with Crippen LogP contribution >= 0.6 is 11.6 Å². The molecule has 0 N–H and O–H groups in total. The smallest absolute Gasteiger partial charge is 0.211 e. The number of carbonyl (C=O) groups excluding carboxylic acids is 1. The van der Waals surface area contributed by atoms with Crippen molar-refractivity contribution in [3.05, 3.63) is 52.4 Å². The predicted molar refractivity (Wildman–Crippen MR) is 72.0 cm³/mol. The molecule has 0 amide bonds. The summed E-state index contributed by atoms with van der Waals surface area (Å²) >= 11 is 5.89. The molecule has 0 radical (unpaired) electrons. The Kier molecular flexibility index (Phi) is 4.48. The summed E-state index contributed by atoms with van der Waals surface area (Å²) in [7, 11) is -3.91. The fourth-order valence-electron chi connectivity index (χ4n) is 1.37. The van der Waals surface area contributed by atoms with E-state index in [1.54, 1.807) is 25.1 Å². The van der Waals surface area contributed by atoms with Crippen LogP contribution in [0.3, 0.4) is 0 Å². The first-order valence-corrected chi connectivity index (χ1v) is 7.01. The molecule has 1 rings (SSSR count). The molecule has 1 aromatic rings. The summed E-state index contributed by atoms with van der Waals surface area (Å²) in [6, 6.07) is 7.69. The van der Waals surface area contributed by atoms with E-state index in [9.17, 15) is 13.2 Å². The average molecular weight is 285 g/mol. The number of hydrogen-bond acceptors (Lipinski definition) is 3. The van der Waals surface area contributed by atoms with Gasteiger partial charge in [0.05, 0.1) is 9.93 Å². The quantitative estimate of drug-likeness (QED) is 0.631. The van der Waals surface area contributed by atoms with Crippen LogP contribution in [-0.4, -0.2) is 14.2 Å². The summed E-state index contributed by atoms with van der Waals surface area (Å²) < 4.78 is 24.6. The standard InChI is InChI=1S/C13H13ClO3S/c1-9(2)12(14)13(10(3)15)18(16,17)11-7-5-4-6-8-11/h4-8H,1H2,2-3H3/b13-12-. The van der Waals surface area contributed by atoms with Gasteiger partial charge in [-0.05, 0) is 31.6 Å². The zero-order valence-electron chi connectivity index (χ0n) is 10.1. The lowest BCUT2D eigenvalue weighted by molar-refractivity contribution is -0.113. The highest BCUT2D eigenvalue weighted by molar-refractivity contribution is 7.96. The summed E-state index contributed by atoms with van der Waals surface area (Å²) in [6.07, 6.45) is 0. The average Bonchev–Trinajstić information content (AvgIpc) is 2.29. The topological polar surface area (TPSA) is 51.2 Å². The summed E-state index contributed by atoms with van der Waals surface area (Å²) in [5.74, 6) is -0.605. The van der Waals surface area contributed by atoms with Gasteiger partial charge in [0.25, 0.3) is 0 Å². The lowest BCUT2D eigenvalue weighted by Gasteiger charge is -2.09. The van der Waals surface area contributed by atoms with Crippen molar-refractivity contribution in [1.29, 1.82) is 0 Å². The van der Waals surface area contributed by atoms with Crippen LogP contribution in [0.2, 0.25) is 0 Å². The third-order valence-electron chi connectivity index (χ3n) is 2.22. The van der Waals surface area contributed by atoms with E-state index in [4.69, 9.17) is 11.6 Å². The SMILES string of the molecule is C=C(C)/C(Cl)=C(\C(C)=O)S(=O)(=O)c1ccccc1. The van der Waals surface area contributed by atoms with Crippen molar-refractivity contribution in [3.8, 4) is 0 Å². The second kappa shape index (κ2) is 5.50. The molecule has 0 aliphatic carbocycles. The number of halogens is 1. The van der Waals surface area contributed by atoms with Crippen LogP contribution in [0, 0.1) is 0 Å². The van der Waals surface area contributed by atoms with E-state index in [2.05, 4.69) is 6.58 Å². The largest absolute Gasteiger partial charge is 0.294 e. The summed E-state index contributed by atoms with van der Waals surface area (Å²) in [5, 5.41) is -0.119. The van der Waals surface area contributed by atoms with Gasteiger partial charge in [-0.1, -0.05) is 36.4 Å². The highest BCUT2D eigenvalue weighted by atomic mass is 35.5. The van der Waals surface area contributed by atoms with E-state index in [0.29, 0.717) is 5.57 Å². The van der Waals surface area contributed by atoms with Crippen LogP contribution < -0.4 is 0 Å². The van der Waals surface area contributed by atoms with Gasteiger partial charge < -0.3 is 0 Å². The normalized spacial score (nSPS) is 12.8. The van der Waals surface area contributed by atoms with Gasteiger partial charge in [0.1, 0.15) is 4.91 Å². The van der Waals surface area contributed by atoms with Crippen LogP contribution in [0.4, 0.5) is 0 Å². The lowest BCUT2D eigenvalue weighted by Crippen LogP contribution is -2.13. The van der Waals surface area contributed by atoms with Crippen molar-refractivity contribution in [2.75, 3.05) is 0 Å². The fraction of sp³-hybridized carbons (Fsp3) is 0.154. The molecular formula is C13H13ClO3S. The van der Waals surface area contributed by atoms with Gasteiger partial charge in [-0.3, -0.25) is 4.79 Å². The summed E-state index contributed by atoms with van der Waals surface area (Å²) in [4.78, 5) is 11.2. The zero-order chi connectivity index (χ0) is 13.9. The first kappa shape index (κ1) is 14.7. The van der Waals surface area contributed by atoms with Gasteiger partial charge in [-0.25, -0.2) is 8.42 Å². The number of rotatable bonds is 4. The third kappa shape index (κ3) is 2.89. The van der Waals surface area contributed by atoms with E-state index in [0.717, 1.165) is 0 Å². The monoisotopic (exact) mass is 284 g/mol. The van der Waals surface area contributed by atoms with Crippen molar-refractivity contribution in [2.24, 2.45) is 0 Å². The molecule has 0 fully saturated rings. The van der Waals surface area contributed by atoms with E-state index in [1.807, 2.05) is 0 Å². The van der Waals surface area contributed by atoms with Crippen LogP contribution in [0.15, 0.2) is 57.3 Å². The second-order valence-electron chi connectivity index (χ2n) is 3.80. The number of hydrogen-bond donors (Lipinski definition) is 0. The molecule has 0 heterocycles. The van der Waals surface area contributed by atoms with Crippen molar-refractivity contribution in [2.45, 2.75) is 18.7 Å². The minimum atomic E-state index is -3.91. The van der Waals surface area contributed by atoms with E-state index < -0.39 is 20.5 Å². The van der Waals surface area contributed by atoms with Crippen molar-refractivity contribution in [1.82, 2.24) is 0 Å². The van der Waals surface area contributed by atoms with Gasteiger partial charge in [0.2, 0.25) is 9.84 Å². The van der Waals surface area contributed by atoms with Crippen LogP contribution in [0.5, 0.6) is 0 Å². The van der Waals surface area contributed by atoms with Crippen LogP contribution in [0.1, 0.15) is 13.8 Å². The molecule has 0 spiro atoms. The first-order chi connectivity index (χ1) is 8.28. The molecule has 0 aliphatic rings. The van der Waals surface area contributed by atoms with E-state index in [1.165, 1.54) is 19.1 Å². The zero-order valence-corrected chi connectivity index (χ0v) is 11.7. The second-order valence-corrected chi connectivity index (χ2v) is 6.06. The van der Waals surface area contributed by atoms with Gasteiger partial charge in [0, 0.05) is 0 Å². The van der Waals surface area contributed by atoms with E-state index >= 15 is 0 Å². The molecule has 18 heavy (non-hydrogen) atoms. The van der Waals surface area contributed by atoms with Crippen molar-refractivity contribution >= 4 is 27.2 Å². The predicted octanol–water partition coefficient (Wildman–Crippen LogP) is 3.08. The van der Waals surface area contributed by atoms with Gasteiger partial charge in [-0.2, -0.15) is 0 Å². The summed E-state index contributed by atoms with van der Waals surface area (Å²) in [6.45, 7) is 6.27. The molecule has 0 atom stereocenters. The number of allylic oxidation sites excluding steroid dienone is 3. The maximum Gasteiger partial charge on any atom is 0.211 e. The molecule has 5 heteroatoms. The van der Waals surface area contributed by atoms with Crippen LogP contribution in [0.25, 0.3) is 0 Å². The van der Waals surface area contributed by atoms with Gasteiger partial charge in [0.15, 0.2) is 5.78 Å². The molecular weight excluding hydrogens is 272 g/mol. The number of Topliss-reactive ketones (excluding diaryl/α,β-unsaturated/α-hetero) is 1. The van der Waals surface area contributed by atoms with Gasteiger partial charge >= 0.3 is 0 Å². The molecule has 0 unspecified atom stereocenters. The molecule has 0 saturated heterocycles. The Bertz CT molecular complexity index is 613. The number of sulfone groups is 1. The molecule has 1 aromatic carbocycles. The minimum absolute atomic E-state index is 0.0367. The highest BCUT2D eigenvalue weighted by Gasteiger charge is 2.27. The van der Waals surface area contributed by atoms with Crippen molar-refractivity contribution < 1.29 is 13.2 Å². The maximum atomic E-state index is 12.3. The summed E-state index contributed by atoms with van der Waals surface area (Å²) in [5.41, 5.74) is 0.335. The third-order valence-corrected chi connectivity index (χ3v) is 4.76. The Morgan fingerprint density at radius 2 is 1.67 bits per heavy atom. The molecule has 0 bridgehead atoms. The molecule has 0 aromatic heterocycles. The number of benzene rings is 1. The fourth-order valence-corrected chi connectivity index (χ4v) is 3.35. The van der Waals surface area contributed by atoms with Crippen LogP contribution in [-0.2, 0) is 14.6 Å². The van der Waals surface area contributed by atoms with Gasteiger partial charge in [-0.15, -0.1) is 0 Å². The first-order valence-electron chi connectivity index (χ1n) is 5.15. The number of carbonyl (C=O) groups is 1. The molecule has 96 valence electrons. The maximum absolute atomic E-state index is 12.3. The Balaban J connectivity index is 3.56. The highest BCUT2D eigenvalue weighted by Crippen LogP contribution is 2.27. The molecule has 3 nitrogen and oxygen atoms in total. The lowest BCUT2D eigenvalue weighted by atomic mass is 10.3. The Morgan fingerprint density at radius 1 is 1.17 bits per heavy atom. The van der Waals surface area contributed by atoms with Crippen molar-refractivity contribution in [3.63, 3.8) is 0 Å². The Hall–Kier alpha value is -1.39.